The summed E-state index contributed by atoms with van der Waals surface area (Å²) >= 11 is 0. The minimum Gasteiger partial charge on any atom is -0.475 e. The zero-order valence-electron chi connectivity index (χ0n) is 16.9. The molecule has 32 heavy (non-hydrogen) atoms. The molecule has 2 aromatic carbocycles. The number of carboxylic acids is 1. The standard InChI is InChI=1S/C23H21N3O6/c27-19(20(28)13-9-24-21(22(29)30)25-10-13)11-26-23(31)32-12-18-16-7-3-1-5-14(16)15-6-2-4-8-17(15)18/h1-10,18-20,27-28H,11-12H2,(H,26,31)(H,29,30). The SMILES string of the molecule is O=C(NCC(O)C(O)c1cnc(C(=O)O)nc1)OCC1c2ccccc2-c2ccccc21. The quantitative estimate of drug-likeness (QED) is 0.442. The van der Waals surface area contributed by atoms with Gasteiger partial charge in [-0.15, -0.1) is 0 Å². The van der Waals surface area contributed by atoms with Gasteiger partial charge < -0.3 is 25.4 Å². The van der Waals surface area contributed by atoms with E-state index in [1.165, 1.54) is 0 Å². The maximum atomic E-state index is 12.2. The third kappa shape index (κ3) is 4.29. The second kappa shape index (κ2) is 9.13. The first-order valence-corrected chi connectivity index (χ1v) is 9.96. The van der Waals surface area contributed by atoms with Gasteiger partial charge in [-0.1, -0.05) is 48.5 Å². The molecule has 0 aliphatic heterocycles. The van der Waals surface area contributed by atoms with E-state index in [0.717, 1.165) is 34.6 Å². The zero-order chi connectivity index (χ0) is 22.7. The molecule has 1 heterocycles. The highest BCUT2D eigenvalue weighted by Gasteiger charge is 2.29. The van der Waals surface area contributed by atoms with Gasteiger partial charge in [-0.3, -0.25) is 0 Å². The highest BCUT2D eigenvalue weighted by Crippen LogP contribution is 2.44. The molecule has 0 radical (unpaired) electrons. The predicted molar refractivity (Wildman–Crippen MR) is 113 cm³/mol. The summed E-state index contributed by atoms with van der Waals surface area (Å²) in [6, 6.07) is 15.9. The van der Waals surface area contributed by atoms with Crippen LogP contribution in [0.1, 0.15) is 39.3 Å². The Hall–Kier alpha value is -3.82. The molecule has 0 spiro atoms. The molecule has 1 aliphatic carbocycles. The van der Waals surface area contributed by atoms with Crippen LogP contribution in [0, 0.1) is 0 Å². The van der Waals surface area contributed by atoms with Crippen molar-refractivity contribution in [2.24, 2.45) is 0 Å². The lowest BCUT2D eigenvalue weighted by molar-refractivity contribution is 0.0181. The molecule has 1 aromatic heterocycles. The number of aromatic carboxylic acids is 1. The van der Waals surface area contributed by atoms with E-state index < -0.39 is 30.1 Å². The number of fused-ring (bicyclic) bond motifs is 3. The number of alkyl carbamates (subject to hydrolysis) is 1. The molecule has 9 nitrogen and oxygen atoms in total. The maximum absolute atomic E-state index is 12.2. The monoisotopic (exact) mass is 435 g/mol. The van der Waals surface area contributed by atoms with Crippen LogP contribution >= 0.6 is 0 Å². The zero-order valence-corrected chi connectivity index (χ0v) is 16.9. The number of nitrogens with one attached hydrogen (secondary N) is 1. The number of amides is 1. The molecule has 1 amide bonds. The Morgan fingerprint density at radius 3 is 2.09 bits per heavy atom. The van der Waals surface area contributed by atoms with Gasteiger partial charge in [0.05, 0.1) is 0 Å². The number of nitrogens with zero attached hydrogens (tertiary/aromatic N) is 2. The molecule has 0 saturated heterocycles. The number of rotatable bonds is 7. The van der Waals surface area contributed by atoms with Crippen molar-refractivity contribution in [1.29, 1.82) is 0 Å². The van der Waals surface area contributed by atoms with Crippen molar-refractivity contribution >= 4 is 12.1 Å². The van der Waals surface area contributed by atoms with E-state index >= 15 is 0 Å². The maximum Gasteiger partial charge on any atom is 0.407 e. The number of benzene rings is 2. The summed E-state index contributed by atoms with van der Waals surface area (Å²) in [7, 11) is 0. The molecule has 0 saturated carbocycles. The largest absolute Gasteiger partial charge is 0.475 e. The molecule has 3 aromatic rings. The lowest BCUT2D eigenvalue weighted by atomic mass is 9.98. The van der Waals surface area contributed by atoms with Gasteiger partial charge in [0.15, 0.2) is 0 Å². The van der Waals surface area contributed by atoms with Crippen LogP contribution in [0.25, 0.3) is 11.1 Å². The van der Waals surface area contributed by atoms with E-state index in [2.05, 4.69) is 15.3 Å². The summed E-state index contributed by atoms with van der Waals surface area (Å²) in [6.45, 7) is -0.151. The van der Waals surface area contributed by atoms with Crippen molar-refractivity contribution in [1.82, 2.24) is 15.3 Å². The number of hydrogen-bond donors (Lipinski definition) is 4. The van der Waals surface area contributed by atoms with Gasteiger partial charge in [0.25, 0.3) is 0 Å². The molecule has 9 heteroatoms. The molecular weight excluding hydrogens is 414 g/mol. The van der Waals surface area contributed by atoms with E-state index in [4.69, 9.17) is 9.84 Å². The fourth-order valence-corrected chi connectivity index (χ4v) is 3.77. The van der Waals surface area contributed by atoms with Crippen molar-refractivity contribution in [3.8, 4) is 11.1 Å². The second-order valence-corrected chi connectivity index (χ2v) is 7.36. The average molecular weight is 435 g/mol. The molecule has 2 unspecified atom stereocenters. The van der Waals surface area contributed by atoms with Crippen LogP contribution in [-0.2, 0) is 4.74 Å². The fourth-order valence-electron chi connectivity index (χ4n) is 3.77. The molecule has 0 bridgehead atoms. The van der Waals surface area contributed by atoms with Gasteiger partial charge in [0, 0.05) is 30.4 Å². The van der Waals surface area contributed by atoms with E-state index in [1.54, 1.807) is 0 Å². The first-order valence-electron chi connectivity index (χ1n) is 9.96. The topological polar surface area (TPSA) is 142 Å². The van der Waals surface area contributed by atoms with Crippen molar-refractivity contribution < 1.29 is 29.6 Å². The predicted octanol–water partition coefficient (Wildman–Crippen LogP) is 2.11. The highest BCUT2D eigenvalue weighted by molar-refractivity contribution is 5.82. The van der Waals surface area contributed by atoms with Crippen LogP contribution in [0.15, 0.2) is 60.9 Å². The third-order valence-corrected chi connectivity index (χ3v) is 5.37. The van der Waals surface area contributed by atoms with Crippen LogP contribution in [0.2, 0.25) is 0 Å². The molecule has 4 rings (SSSR count). The Labute approximate surface area is 183 Å². The Bertz CT molecular complexity index is 1090. The summed E-state index contributed by atoms with van der Waals surface area (Å²) < 4.78 is 5.38. The van der Waals surface area contributed by atoms with Gasteiger partial charge in [-0.05, 0) is 22.3 Å². The van der Waals surface area contributed by atoms with Gasteiger partial charge in [0.2, 0.25) is 5.82 Å². The molecule has 2 atom stereocenters. The number of carbonyl (C=O) groups is 2. The van der Waals surface area contributed by atoms with Gasteiger partial charge >= 0.3 is 12.1 Å². The van der Waals surface area contributed by atoms with Gasteiger partial charge in [-0.25, -0.2) is 19.6 Å². The lowest BCUT2D eigenvalue weighted by Gasteiger charge is -2.19. The Morgan fingerprint density at radius 2 is 1.53 bits per heavy atom. The first kappa shape index (κ1) is 21.4. The van der Waals surface area contributed by atoms with Gasteiger partial charge in [-0.2, -0.15) is 0 Å². The van der Waals surface area contributed by atoms with Crippen LogP contribution in [0.4, 0.5) is 4.79 Å². The third-order valence-electron chi connectivity index (χ3n) is 5.37. The Kier molecular flexibility index (Phi) is 6.11. The van der Waals surface area contributed by atoms with Crippen LogP contribution < -0.4 is 5.32 Å². The molecule has 0 fully saturated rings. The van der Waals surface area contributed by atoms with Crippen LogP contribution in [-0.4, -0.2) is 56.6 Å². The number of ether oxygens (including phenoxy) is 1. The molecular formula is C23H21N3O6. The van der Waals surface area contributed by atoms with Crippen molar-refractivity contribution in [2.75, 3.05) is 13.2 Å². The smallest absolute Gasteiger partial charge is 0.407 e. The van der Waals surface area contributed by atoms with E-state index in [9.17, 15) is 19.8 Å². The molecule has 164 valence electrons. The summed E-state index contributed by atoms with van der Waals surface area (Å²) in [5.41, 5.74) is 4.53. The van der Waals surface area contributed by atoms with Crippen LogP contribution in [0.3, 0.4) is 0 Å². The summed E-state index contributed by atoms with van der Waals surface area (Å²) in [5, 5.41) is 31.6. The van der Waals surface area contributed by atoms with E-state index in [-0.39, 0.29) is 24.6 Å². The van der Waals surface area contributed by atoms with E-state index in [0.29, 0.717) is 0 Å². The summed E-state index contributed by atoms with van der Waals surface area (Å²) in [6.07, 6.45) is -1.29. The summed E-state index contributed by atoms with van der Waals surface area (Å²) in [5.74, 6) is -1.82. The lowest BCUT2D eigenvalue weighted by Crippen LogP contribution is -2.36. The Balaban J connectivity index is 1.32. The first-order chi connectivity index (χ1) is 15.5. The normalized spacial score (nSPS) is 14.2. The Morgan fingerprint density at radius 1 is 0.969 bits per heavy atom. The highest BCUT2D eigenvalue weighted by atomic mass is 16.5. The number of aliphatic hydroxyl groups excluding tert-OH is 2. The van der Waals surface area contributed by atoms with Crippen molar-refractivity contribution in [3.05, 3.63) is 83.4 Å². The minimum atomic E-state index is -1.41. The molecule has 1 aliphatic rings. The van der Waals surface area contributed by atoms with Crippen molar-refractivity contribution in [2.45, 2.75) is 18.1 Å². The number of carbonyl (C=O) groups excluding carboxylic acids is 1. The number of hydrogen-bond acceptors (Lipinski definition) is 7. The average Bonchev–Trinajstić information content (AvgIpc) is 3.14. The number of aromatic nitrogens is 2. The van der Waals surface area contributed by atoms with Gasteiger partial charge in [0.1, 0.15) is 18.8 Å². The number of aliphatic hydroxyl groups is 2. The van der Waals surface area contributed by atoms with E-state index in [1.807, 2.05) is 48.5 Å². The second-order valence-electron chi connectivity index (χ2n) is 7.36. The fraction of sp³-hybridized carbons (Fsp3) is 0.217. The number of carboxylic acid groups (broad SMARTS) is 1. The molecule has 4 N–H and O–H groups in total. The van der Waals surface area contributed by atoms with Crippen LogP contribution in [0.5, 0.6) is 0 Å². The minimum absolute atomic E-state index is 0.0893. The summed E-state index contributed by atoms with van der Waals surface area (Å²) in [4.78, 5) is 30.2. The van der Waals surface area contributed by atoms with Crippen molar-refractivity contribution in [3.63, 3.8) is 0 Å².